The molecule has 0 radical (unpaired) electrons. The number of aliphatic imine (C=N–C) groups is 1. The van der Waals surface area contributed by atoms with Crippen molar-refractivity contribution < 1.29 is 0 Å². The van der Waals surface area contributed by atoms with Gasteiger partial charge < -0.3 is 10.2 Å². The monoisotopic (exact) mass is 245 g/mol. The number of nitrogens with one attached hydrogen (secondary N) is 1. The maximum absolute atomic E-state index is 4.39. The van der Waals surface area contributed by atoms with Crippen LogP contribution < -0.4 is 5.32 Å². The van der Waals surface area contributed by atoms with E-state index in [0.29, 0.717) is 0 Å². The summed E-state index contributed by atoms with van der Waals surface area (Å²) in [5, 5.41) is 3.45. The van der Waals surface area contributed by atoms with Crippen molar-refractivity contribution in [3.63, 3.8) is 0 Å². The second-order valence-electron chi connectivity index (χ2n) is 4.77. The van der Waals surface area contributed by atoms with Gasteiger partial charge in [0.25, 0.3) is 0 Å². The molecular formula is C15H23N3. The predicted octanol–water partition coefficient (Wildman–Crippen LogP) is 2.42. The van der Waals surface area contributed by atoms with Crippen LogP contribution in [0.2, 0.25) is 0 Å². The van der Waals surface area contributed by atoms with Crippen LogP contribution in [-0.2, 0) is 13.0 Å². The molecule has 0 saturated carbocycles. The van der Waals surface area contributed by atoms with E-state index in [0.717, 1.165) is 32.0 Å². The number of fused-ring (bicyclic) bond motifs is 1. The van der Waals surface area contributed by atoms with Gasteiger partial charge in [-0.2, -0.15) is 0 Å². The Balaban J connectivity index is 1.98. The third kappa shape index (κ3) is 3.03. The van der Waals surface area contributed by atoms with E-state index < -0.39 is 0 Å². The van der Waals surface area contributed by atoms with Gasteiger partial charge in [-0.15, -0.1) is 0 Å². The summed E-state index contributed by atoms with van der Waals surface area (Å²) in [5.41, 5.74) is 2.92. The molecule has 0 amide bonds. The van der Waals surface area contributed by atoms with Crippen LogP contribution in [0.3, 0.4) is 0 Å². The van der Waals surface area contributed by atoms with Gasteiger partial charge in [0.15, 0.2) is 5.96 Å². The van der Waals surface area contributed by atoms with Gasteiger partial charge in [-0.05, 0) is 24.0 Å². The third-order valence-electron chi connectivity index (χ3n) is 3.46. The highest BCUT2D eigenvalue weighted by Crippen LogP contribution is 2.18. The Bertz CT molecular complexity index is 412. The quantitative estimate of drug-likeness (QED) is 0.503. The molecule has 1 N–H and O–H groups in total. The second-order valence-corrected chi connectivity index (χ2v) is 4.77. The van der Waals surface area contributed by atoms with Gasteiger partial charge in [0, 0.05) is 26.7 Å². The fourth-order valence-corrected chi connectivity index (χ4v) is 2.39. The summed E-state index contributed by atoms with van der Waals surface area (Å²) in [7, 11) is 1.87. The molecule has 2 rings (SSSR count). The second kappa shape index (κ2) is 6.43. The molecule has 0 spiro atoms. The summed E-state index contributed by atoms with van der Waals surface area (Å²) in [6.45, 7) is 5.26. The Morgan fingerprint density at radius 1 is 1.33 bits per heavy atom. The first-order chi connectivity index (χ1) is 8.85. The number of hydrogen-bond acceptors (Lipinski definition) is 1. The Labute approximate surface area is 110 Å². The van der Waals surface area contributed by atoms with Crippen LogP contribution in [0.4, 0.5) is 0 Å². The van der Waals surface area contributed by atoms with Crippen molar-refractivity contribution >= 4 is 5.96 Å². The normalized spacial score (nSPS) is 15.4. The molecule has 1 aliphatic rings. The van der Waals surface area contributed by atoms with Gasteiger partial charge >= 0.3 is 0 Å². The minimum atomic E-state index is 0.974. The number of nitrogens with zero attached hydrogens (tertiary/aromatic N) is 2. The fraction of sp³-hybridized carbons (Fsp3) is 0.533. The highest BCUT2D eigenvalue weighted by atomic mass is 15.3. The molecule has 0 fully saturated rings. The number of guanidine groups is 1. The van der Waals surface area contributed by atoms with Crippen LogP contribution >= 0.6 is 0 Å². The van der Waals surface area contributed by atoms with Gasteiger partial charge in [0.05, 0.1) is 0 Å². The van der Waals surface area contributed by atoms with Crippen molar-refractivity contribution in [3.8, 4) is 0 Å². The number of hydrogen-bond donors (Lipinski definition) is 1. The number of benzene rings is 1. The van der Waals surface area contributed by atoms with Crippen LogP contribution in [0.1, 0.15) is 30.9 Å². The molecule has 1 heterocycles. The van der Waals surface area contributed by atoms with Gasteiger partial charge in [0.1, 0.15) is 0 Å². The number of unbranched alkanes of at least 4 members (excludes halogenated alkanes) is 1. The van der Waals surface area contributed by atoms with E-state index in [2.05, 4.69) is 46.4 Å². The van der Waals surface area contributed by atoms with Crippen molar-refractivity contribution in [2.45, 2.75) is 32.7 Å². The largest absolute Gasteiger partial charge is 0.356 e. The van der Waals surface area contributed by atoms with Crippen molar-refractivity contribution in [2.24, 2.45) is 4.99 Å². The van der Waals surface area contributed by atoms with Crippen molar-refractivity contribution in [1.29, 1.82) is 0 Å². The average Bonchev–Trinajstić information content (AvgIpc) is 2.43. The molecule has 1 aliphatic heterocycles. The minimum Gasteiger partial charge on any atom is -0.356 e. The predicted molar refractivity (Wildman–Crippen MR) is 76.8 cm³/mol. The average molecular weight is 245 g/mol. The van der Waals surface area contributed by atoms with Gasteiger partial charge in [-0.3, -0.25) is 4.99 Å². The minimum absolute atomic E-state index is 0.974. The zero-order valence-electron chi connectivity index (χ0n) is 11.4. The van der Waals surface area contributed by atoms with Crippen molar-refractivity contribution in [1.82, 2.24) is 10.2 Å². The van der Waals surface area contributed by atoms with Crippen LogP contribution in [0.25, 0.3) is 0 Å². The maximum Gasteiger partial charge on any atom is 0.193 e. The molecule has 18 heavy (non-hydrogen) atoms. The van der Waals surface area contributed by atoms with E-state index >= 15 is 0 Å². The highest BCUT2D eigenvalue weighted by Gasteiger charge is 2.17. The fourth-order valence-electron chi connectivity index (χ4n) is 2.39. The zero-order chi connectivity index (χ0) is 12.8. The molecule has 98 valence electrons. The SMILES string of the molecule is CCCCNC(=NC)N1CCc2ccccc2C1. The maximum atomic E-state index is 4.39. The molecule has 3 nitrogen and oxygen atoms in total. The molecule has 1 aromatic rings. The summed E-state index contributed by atoms with van der Waals surface area (Å²) >= 11 is 0. The summed E-state index contributed by atoms with van der Waals surface area (Å²) in [6.07, 6.45) is 3.53. The van der Waals surface area contributed by atoms with Crippen LogP contribution in [0, 0.1) is 0 Å². The van der Waals surface area contributed by atoms with E-state index in [4.69, 9.17) is 0 Å². The lowest BCUT2D eigenvalue weighted by Gasteiger charge is -2.31. The topological polar surface area (TPSA) is 27.6 Å². The summed E-state index contributed by atoms with van der Waals surface area (Å²) in [6, 6.07) is 8.71. The molecule has 0 atom stereocenters. The molecule has 3 heteroatoms. The van der Waals surface area contributed by atoms with Crippen LogP contribution in [0.15, 0.2) is 29.3 Å². The smallest absolute Gasteiger partial charge is 0.193 e. The first kappa shape index (κ1) is 12.9. The van der Waals surface area contributed by atoms with E-state index in [1.807, 2.05) is 7.05 Å². The van der Waals surface area contributed by atoms with E-state index in [-0.39, 0.29) is 0 Å². The highest BCUT2D eigenvalue weighted by molar-refractivity contribution is 5.80. The Kier molecular flexibility index (Phi) is 4.62. The van der Waals surface area contributed by atoms with Gasteiger partial charge in [0.2, 0.25) is 0 Å². The third-order valence-corrected chi connectivity index (χ3v) is 3.46. The molecular weight excluding hydrogens is 222 g/mol. The summed E-state index contributed by atoms with van der Waals surface area (Å²) in [5.74, 6) is 1.04. The molecule has 0 saturated heterocycles. The van der Waals surface area contributed by atoms with Crippen LogP contribution in [0.5, 0.6) is 0 Å². The summed E-state index contributed by atoms with van der Waals surface area (Å²) in [4.78, 5) is 6.73. The first-order valence-corrected chi connectivity index (χ1v) is 6.87. The molecule has 1 aromatic carbocycles. The lowest BCUT2D eigenvalue weighted by Crippen LogP contribution is -2.44. The van der Waals surface area contributed by atoms with E-state index in [1.165, 1.54) is 24.0 Å². The van der Waals surface area contributed by atoms with E-state index in [1.54, 1.807) is 0 Å². The Morgan fingerprint density at radius 3 is 2.83 bits per heavy atom. The van der Waals surface area contributed by atoms with Gasteiger partial charge in [-0.1, -0.05) is 37.6 Å². The molecule has 0 unspecified atom stereocenters. The molecule has 0 aliphatic carbocycles. The Hall–Kier alpha value is -1.51. The molecule has 0 bridgehead atoms. The van der Waals surface area contributed by atoms with Crippen molar-refractivity contribution in [2.75, 3.05) is 20.1 Å². The van der Waals surface area contributed by atoms with Gasteiger partial charge in [-0.25, -0.2) is 0 Å². The first-order valence-electron chi connectivity index (χ1n) is 6.87. The lowest BCUT2D eigenvalue weighted by molar-refractivity contribution is 0.378. The number of rotatable bonds is 3. The van der Waals surface area contributed by atoms with E-state index in [9.17, 15) is 0 Å². The summed E-state index contributed by atoms with van der Waals surface area (Å²) < 4.78 is 0. The Morgan fingerprint density at radius 2 is 2.11 bits per heavy atom. The zero-order valence-corrected chi connectivity index (χ0v) is 11.4. The molecule has 0 aromatic heterocycles. The lowest BCUT2D eigenvalue weighted by atomic mass is 10.0. The van der Waals surface area contributed by atoms with Crippen LogP contribution in [-0.4, -0.2) is 31.0 Å². The van der Waals surface area contributed by atoms with Crippen molar-refractivity contribution in [3.05, 3.63) is 35.4 Å². The standard InChI is InChI=1S/C15H23N3/c1-3-4-10-17-15(16-2)18-11-9-13-7-5-6-8-14(13)12-18/h5-8H,3-4,9-12H2,1-2H3,(H,16,17).